The smallest absolute Gasteiger partial charge is 0.300 e. The van der Waals surface area contributed by atoms with Crippen LogP contribution in [0.25, 0.3) is 0 Å². The molecule has 11 heavy (non-hydrogen) atoms. The molecule has 0 atom stereocenters. The van der Waals surface area contributed by atoms with Crippen LogP contribution in [0.1, 0.15) is 26.5 Å². The Morgan fingerprint density at radius 2 is 2.00 bits per heavy atom. The topological polar surface area (TPSA) is 12.9 Å². The summed E-state index contributed by atoms with van der Waals surface area (Å²) in [6, 6.07) is 6.79. The molecule has 1 rings (SSSR count). The van der Waals surface area contributed by atoms with Gasteiger partial charge in [-0.2, -0.15) is 6.07 Å². The molecule has 54 valence electrons. The second kappa shape index (κ2) is 4.85. The maximum atomic E-state index is 4.19. The summed E-state index contributed by atoms with van der Waals surface area (Å²) < 4.78 is 0. The van der Waals surface area contributed by atoms with Crippen LogP contribution in [0.15, 0.2) is 18.3 Å². The Morgan fingerprint density at radius 1 is 1.36 bits per heavy atom. The maximum absolute atomic E-state index is 4.19. The van der Waals surface area contributed by atoms with Crippen LogP contribution in [-0.4, -0.2) is 4.98 Å². The summed E-state index contributed by atoms with van der Waals surface area (Å²) in [6.45, 7) is 6.44. The first-order valence-electron chi connectivity index (χ1n) is 3.43. The zero-order chi connectivity index (χ0) is 7.61. The van der Waals surface area contributed by atoms with Crippen LogP contribution in [0, 0.1) is 6.07 Å². The van der Waals surface area contributed by atoms with Gasteiger partial charge < -0.3 is 4.98 Å². The molecule has 0 spiro atoms. The fraction of sp³-hybridized carbons (Fsp3) is 0.444. The number of hydrogen-bond acceptors (Lipinski definition) is 1. The van der Waals surface area contributed by atoms with Gasteiger partial charge in [-0.3, -0.25) is 0 Å². The molecule has 0 aliphatic heterocycles. The van der Waals surface area contributed by atoms with Crippen molar-refractivity contribution in [2.45, 2.75) is 26.2 Å². The van der Waals surface area contributed by atoms with Crippen molar-refractivity contribution in [1.29, 1.82) is 0 Å². The van der Waals surface area contributed by atoms with Crippen molar-refractivity contribution < 1.29 is 58.2 Å². The Morgan fingerprint density at radius 3 is 2.27 bits per heavy atom. The molecular formula is C9H12NRb. The zero-order valence-electron chi connectivity index (χ0n) is 7.68. The van der Waals surface area contributed by atoms with Crippen molar-refractivity contribution >= 4 is 0 Å². The quantitative estimate of drug-likeness (QED) is 0.520. The molecule has 1 nitrogen and oxygen atoms in total. The van der Waals surface area contributed by atoms with Crippen LogP contribution in [0.2, 0.25) is 0 Å². The summed E-state index contributed by atoms with van der Waals surface area (Å²) >= 11 is 0. The third-order valence-corrected chi connectivity index (χ3v) is 1.38. The van der Waals surface area contributed by atoms with E-state index in [-0.39, 0.29) is 63.6 Å². The zero-order valence-corrected chi connectivity index (χ0v) is 12.6. The Bertz CT molecular complexity index is 201. The molecule has 0 amide bonds. The number of aromatic nitrogens is 1. The van der Waals surface area contributed by atoms with E-state index >= 15 is 0 Å². The molecule has 0 aliphatic rings. The summed E-state index contributed by atoms with van der Waals surface area (Å²) in [6.07, 6.45) is 1.71. The molecule has 1 aromatic rings. The standard InChI is InChI=1S/C9H12N.Rb/c1-9(2,3)8-6-4-5-7-10-8;/h4,6-7H,1-3H3;/q-1;+1. The van der Waals surface area contributed by atoms with Crippen LogP contribution in [0.3, 0.4) is 0 Å². The van der Waals surface area contributed by atoms with Crippen LogP contribution < -0.4 is 58.2 Å². The molecule has 1 aromatic heterocycles. The molecule has 0 aromatic carbocycles. The summed E-state index contributed by atoms with van der Waals surface area (Å²) in [4.78, 5) is 4.19. The van der Waals surface area contributed by atoms with E-state index in [1.165, 1.54) is 0 Å². The minimum atomic E-state index is 0. The van der Waals surface area contributed by atoms with Crippen LogP contribution in [0.5, 0.6) is 0 Å². The Balaban J connectivity index is 0.000001000. The van der Waals surface area contributed by atoms with Crippen LogP contribution >= 0.6 is 0 Å². The molecule has 0 aliphatic carbocycles. The average molecular weight is 220 g/mol. The molecule has 0 bridgehead atoms. The summed E-state index contributed by atoms with van der Waals surface area (Å²) in [5.74, 6) is 0. The van der Waals surface area contributed by atoms with E-state index < -0.39 is 0 Å². The van der Waals surface area contributed by atoms with Crippen molar-refractivity contribution in [2.24, 2.45) is 0 Å². The third kappa shape index (κ3) is 3.93. The van der Waals surface area contributed by atoms with Crippen LogP contribution in [0.4, 0.5) is 0 Å². The number of nitrogens with zero attached hydrogens (tertiary/aromatic N) is 1. The van der Waals surface area contributed by atoms with E-state index in [0.29, 0.717) is 0 Å². The molecule has 0 radical (unpaired) electrons. The summed E-state index contributed by atoms with van der Waals surface area (Å²) in [5.41, 5.74) is 1.28. The van der Waals surface area contributed by atoms with Gasteiger partial charge in [0, 0.05) is 0 Å². The van der Waals surface area contributed by atoms with Crippen LogP contribution in [-0.2, 0) is 5.41 Å². The molecule has 0 N–H and O–H groups in total. The Kier molecular flexibility index (Phi) is 5.28. The largest absolute Gasteiger partial charge is 1.00 e. The average Bonchev–Trinajstić information content (AvgIpc) is 1.88. The van der Waals surface area contributed by atoms with Gasteiger partial charge >= 0.3 is 58.2 Å². The molecule has 0 fully saturated rings. The minimum Gasteiger partial charge on any atom is -0.300 e. The first-order valence-corrected chi connectivity index (χ1v) is 3.43. The van der Waals surface area contributed by atoms with Gasteiger partial charge in [0.05, 0.1) is 0 Å². The van der Waals surface area contributed by atoms with Crippen molar-refractivity contribution in [3.63, 3.8) is 0 Å². The molecular weight excluding hydrogens is 208 g/mol. The van der Waals surface area contributed by atoms with E-state index in [4.69, 9.17) is 0 Å². The van der Waals surface area contributed by atoms with Gasteiger partial charge in [0.25, 0.3) is 0 Å². The number of pyridine rings is 1. The first-order chi connectivity index (χ1) is 4.61. The molecule has 0 saturated carbocycles. The summed E-state index contributed by atoms with van der Waals surface area (Å²) in [7, 11) is 0. The minimum absolute atomic E-state index is 0. The second-order valence-electron chi connectivity index (χ2n) is 3.39. The van der Waals surface area contributed by atoms with E-state index in [2.05, 4.69) is 31.8 Å². The fourth-order valence-electron chi connectivity index (χ4n) is 0.764. The van der Waals surface area contributed by atoms with E-state index in [9.17, 15) is 0 Å². The molecule has 1 heterocycles. The van der Waals surface area contributed by atoms with Crippen molar-refractivity contribution in [2.75, 3.05) is 0 Å². The second-order valence-corrected chi connectivity index (χ2v) is 3.39. The van der Waals surface area contributed by atoms with Crippen molar-refractivity contribution in [3.8, 4) is 0 Å². The molecule has 0 unspecified atom stereocenters. The number of hydrogen-bond donors (Lipinski definition) is 0. The van der Waals surface area contributed by atoms with E-state index in [1.807, 2.05) is 12.1 Å². The van der Waals surface area contributed by atoms with Gasteiger partial charge in [0.1, 0.15) is 0 Å². The summed E-state index contributed by atoms with van der Waals surface area (Å²) in [5, 5.41) is 0. The SMILES string of the molecule is CC(C)(C)c1cc[c-]cn1.[Rb+]. The van der Waals surface area contributed by atoms with Gasteiger partial charge in [-0.1, -0.05) is 27.0 Å². The third-order valence-electron chi connectivity index (χ3n) is 1.38. The Hall–Kier alpha value is 0.955. The predicted octanol–water partition coefficient (Wildman–Crippen LogP) is -0.817. The van der Waals surface area contributed by atoms with Gasteiger partial charge in [-0.15, -0.1) is 0 Å². The van der Waals surface area contributed by atoms with Crippen molar-refractivity contribution in [3.05, 3.63) is 30.1 Å². The maximum Gasteiger partial charge on any atom is 1.00 e. The van der Waals surface area contributed by atoms with Gasteiger partial charge in [-0.25, -0.2) is 12.1 Å². The Labute approximate surface area is 117 Å². The van der Waals surface area contributed by atoms with Gasteiger partial charge in [0.2, 0.25) is 0 Å². The monoisotopic (exact) mass is 219 g/mol. The fourth-order valence-corrected chi connectivity index (χ4v) is 0.764. The number of rotatable bonds is 0. The van der Waals surface area contributed by atoms with Gasteiger partial charge in [-0.05, 0) is 11.1 Å². The first kappa shape index (κ1) is 12.0. The molecule has 0 saturated heterocycles. The molecule has 2 heteroatoms. The predicted molar refractivity (Wildman–Crippen MR) is 41.8 cm³/mol. The van der Waals surface area contributed by atoms with Crippen molar-refractivity contribution in [1.82, 2.24) is 4.98 Å². The van der Waals surface area contributed by atoms with E-state index in [0.717, 1.165) is 5.69 Å². The van der Waals surface area contributed by atoms with Gasteiger partial charge in [0.15, 0.2) is 0 Å². The normalized spacial score (nSPS) is 10.5. The van der Waals surface area contributed by atoms with E-state index in [1.54, 1.807) is 6.20 Å².